The van der Waals surface area contributed by atoms with Crippen LogP contribution in [0.5, 0.6) is 5.75 Å². The van der Waals surface area contributed by atoms with Crippen LogP contribution >= 0.6 is 0 Å². The fraction of sp³-hybridized carbons (Fsp3) is 0.486. The van der Waals surface area contributed by atoms with Crippen LogP contribution in [-0.4, -0.2) is 79.8 Å². The summed E-state index contributed by atoms with van der Waals surface area (Å²) < 4.78 is 8.60. The number of urea groups is 1. The van der Waals surface area contributed by atoms with Gasteiger partial charge in [-0.1, -0.05) is 52.0 Å². The monoisotopic (exact) mass is 655 g/mol. The summed E-state index contributed by atoms with van der Waals surface area (Å²) in [5.41, 5.74) is 3.12. The quantitative estimate of drug-likeness (QED) is 0.185. The molecular formula is C35H45N9O4. The Hall–Kier alpha value is -4.62. The molecule has 0 spiro atoms. The number of anilines is 1. The molecular weight excluding hydrogens is 610 g/mol. The number of nitrogens with one attached hydrogen (secondary N) is 3. The highest BCUT2D eigenvalue weighted by Crippen LogP contribution is 2.47. The molecule has 1 aromatic carbocycles. The minimum Gasteiger partial charge on any atom is -0.484 e. The van der Waals surface area contributed by atoms with Crippen molar-refractivity contribution in [3.05, 3.63) is 77.1 Å². The summed E-state index contributed by atoms with van der Waals surface area (Å²) in [6, 6.07) is 12.9. The van der Waals surface area contributed by atoms with E-state index in [-0.39, 0.29) is 41.2 Å². The highest BCUT2D eigenvalue weighted by Gasteiger charge is 2.43. The summed E-state index contributed by atoms with van der Waals surface area (Å²) in [5, 5.41) is 26.7. The minimum absolute atomic E-state index is 0.0199. The number of carbonyl (C=O) groups is 2. The Labute approximate surface area is 280 Å². The van der Waals surface area contributed by atoms with Crippen LogP contribution in [0.3, 0.4) is 0 Å². The van der Waals surface area contributed by atoms with Crippen LogP contribution in [0.2, 0.25) is 0 Å². The molecule has 254 valence electrons. The number of amides is 3. The number of benzene rings is 1. The van der Waals surface area contributed by atoms with E-state index >= 15 is 0 Å². The SMILES string of the molecule is CN(CCO)CCNC(=O)c1nc(NC(=O)N[C@H]2CC[C@@H](Oc3ccc4nnc(C5(C)CC5)n4c3)c3ccccc32)cc(C(C)(C)C)n1. The van der Waals surface area contributed by atoms with Gasteiger partial charge in [0, 0.05) is 36.5 Å². The highest BCUT2D eigenvalue weighted by atomic mass is 16.5. The molecule has 0 bridgehead atoms. The number of ether oxygens (including phenoxy) is 1. The van der Waals surface area contributed by atoms with Crippen LogP contribution in [0, 0.1) is 0 Å². The summed E-state index contributed by atoms with van der Waals surface area (Å²) in [4.78, 5) is 37.1. The molecule has 1 fully saturated rings. The molecule has 2 aliphatic rings. The van der Waals surface area contributed by atoms with Gasteiger partial charge in [0.15, 0.2) is 5.65 Å². The fourth-order valence-electron chi connectivity index (χ4n) is 5.98. The molecule has 4 aromatic rings. The van der Waals surface area contributed by atoms with E-state index in [0.29, 0.717) is 38.2 Å². The second-order valence-electron chi connectivity index (χ2n) is 14.1. The average molecular weight is 656 g/mol. The van der Waals surface area contributed by atoms with Gasteiger partial charge in [-0.05, 0) is 56.0 Å². The lowest BCUT2D eigenvalue weighted by Crippen LogP contribution is -2.37. The fourth-order valence-corrected chi connectivity index (χ4v) is 5.98. The second kappa shape index (κ2) is 13.5. The Balaban J connectivity index is 1.14. The third-order valence-corrected chi connectivity index (χ3v) is 9.13. The Bertz CT molecular complexity index is 1800. The largest absolute Gasteiger partial charge is 0.484 e. The molecule has 3 heterocycles. The number of fused-ring (bicyclic) bond motifs is 2. The van der Waals surface area contributed by atoms with E-state index in [1.807, 2.05) is 79.7 Å². The summed E-state index contributed by atoms with van der Waals surface area (Å²) in [6.07, 6.45) is 5.37. The number of likely N-dealkylation sites (N-methyl/N-ethyl adjacent to an activating group) is 1. The standard InChI is InChI=1S/C35H45N9O4/c1-34(2,3)27-20-28(39-30(38-27)31(46)36-16-17-43(5)18-19-45)40-33(47)37-25-11-12-26(24-9-7-6-8-23(24)25)48-22-10-13-29-41-42-32(44(29)21-22)35(4)14-15-35/h6-10,13,20-21,25-26,45H,11-12,14-19H2,1-5H3,(H,36,46)(H2,37,38,39,40,47)/t25-,26+/m0/s1. The topological polar surface area (TPSA) is 159 Å². The lowest BCUT2D eigenvalue weighted by Gasteiger charge is -2.32. The van der Waals surface area contributed by atoms with Gasteiger partial charge in [0.25, 0.3) is 5.91 Å². The zero-order valence-electron chi connectivity index (χ0n) is 28.3. The Morgan fingerprint density at radius 2 is 1.83 bits per heavy atom. The third-order valence-electron chi connectivity index (χ3n) is 9.13. The van der Waals surface area contributed by atoms with Gasteiger partial charge in [-0.3, -0.25) is 14.5 Å². The molecule has 13 heteroatoms. The molecule has 3 amide bonds. The predicted octanol–water partition coefficient (Wildman–Crippen LogP) is 4.30. The second-order valence-corrected chi connectivity index (χ2v) is 14.1. The molecule has 4 N–H and O–H groups in total. The Morgan fingerprint density at radius 1 is 1.06 bits per heavy atom. The summed E-state index contributed by atoms with van der Waals surface area (Å²) in [6.45, 7) is 9.64. The predicted molar refractivity (Wildman–Crippen MR) is 181 cm³/mol. The van der Waals surface area contributed by atoms with Gasteiger partial charge in [0.1, 0.15) is 23.5 Å². The molecule has 2 aliphatic carbocycles. The number of carbonyl (C=O) groups excluding carboxylic acids is 2. The Morgan fingerprint density at radius 3 is 2.56 bits per heavy atom. The summed E-state index contributed by atoms with van der Waals surface area (Å²) in [5.74, 6) is 1.50. The number of hydrogen-bond donors (Lipinski definition) is 4. The number of nitrogens with zero attached hydrogens (tertiary/aromatic N) is 6. The van der Waals surface area contributed by atoms with E-state index in [1.165, 1.54) is 0 Å². The minimum atomic E-state index is -0.435. The van der Waals surface area contributed by atoms with Crippen molar-refractivity contribution in [1.29, 1.82) is 0 Å². The smallest absolute Gasteiger partial charge is 0.320 e. The first kappa shape index (κ1) is 33.3. The lowest BCUT2D eigenvalue weighted by atomic mass is 9.85. The molecule has 13 nitrogen and oxygen atoms in total. The van der Waals surface area contributed by atoms with Crippen molar-refractivity contribution in [2.24, 2.45) is 0 Å². The van der Waals surface area contributed by atoms with Crippen LogP contribution in [0.4, 0.5) is 10.6 Å². The molecule has 2 atom stereocenters. The van der Waals surface area contributed by atoms with Gasteiger partial charge < -0.3 is 25.4 Å². The van der Waals surface area contributed by atoms with E-state index in [9.17, 15) is 9.59 Å². The number of pyridine rings is 1. The van der Waals surface area contributed by atoms with Gasteiger partial charge in [-0.15, -0.1) is 10.2 Å². The van der Waals surface area contributed by atoms with Gasteiger partial charge in [-0.25, -0.2) is 14.8 Å². The van der Waals surface area contributed by atoms with Crippen molar-refractivity contribution in [2.75, 3.05) is 38.6 Å². The summed E-state index contributed by atoms with van der Waals surface area (Å²) >= 11 is 0. The van der Waals surface area contributed by atoms with Crippen molar-refractivity contribution < 1.29 is 19.4 Å². The maximum absolute atomic E-state index is 13.4. The van der Waals surface area contributed by atoms with Gasteiger partial charge in [0.05, 0.1) is 24.5 Å². The third kappa shape index (κ3) is 7.42. The molecule has 1 saturated carbocycles. The number of aliphatic hydroxyl groups is 1. The van der Waals surface area contributed by atoms with Gasteiger partial charge >= 0.3 is 6.03 Å². The maximum atomic E-state index is 13.4. The van der Waals surface area contributed by atoms with E-state index in [0.717, 1.165) is 41.2 Å². The van der Waals surface area contributed by atoms with Gasteiger partial charge in [-0.2, -0.15) is 0 Å². The summed E-state index contributed by atoms with van der Waals surface area (Å²) in [7, 11) is 1.86. The molecule has 0 radical (unpaired) electrons. The van der Waals surface area contributed by atoms with Crippen LogP contribution in [-0.2, 0) is 10.8 Å². The van der Waals surface area contributed by atoms with E-state index in [4.69, 9.17) is 9.84 Å². The van der Waals surface area contributed by atoms with Crippen molar-refractivity contribution in [1.82, 2.24) is 40.1 Å². The average Bonchev–Trinajstić information content (AvgIpc) is 3.65. The van der Waals surface area contributed by atoms with Gasteiger partial charge in [0.2, 0.25) is 5.82 Å². The van der Waals surface area contributed by atoms with Crippen molar-refractivity contribution in [3.63, 3.8) is 0 Å². The first-order chi connectivity index (χ1) is 22.9. The van der Waals surface area contributed by atoms with Crippen molar-refractivity contribution in [3.8, 4) is 5.75 Å². The van der Waals surface area contributed by atoms with Crippen molar-refractivity contribution in [2.45, 2.75) is 76.4 Å². The van der Waals surface area contributed by atoms with Crippen LogP contribution < -0.4 is 20.7 Å². The van der Waals surface area contributed by atoms with E-state index < -0.39 is 11.9 Å². The normalized spacial score (nSPS) is 18.3. The van der Waals surface area contributed by atoms with Crippen LogP contribution in [0.25, 0.3) is 5.65 Å². The van der Waals surface area contributed by atoms with E-state index in [2.05, 4.69) is 43.0 Å². The number of hydrogen-bond acceptors (Lipinski definition) is 9. The number of aliphatic hydroxyl groups excluding tert-OH is 1. The molecule has 0 unspecified atom stereocenters. The molecule has 3 aromatic heterocycles. The first-order valence-electron chi connectivity index (χ1n) is 16.6. The Kier molecular flexibility index (Phi) is 9.35. The maximum Gasteiger partial charge on any atom is 0.320 e. The van der Waals surface area contributed by atoms with Crippen LogP contribution in [0.15, 0.2) is 48.7 Å². The zero-order chi connectivity index (χ0) is 34.1. The molecule has 48 heavy (non-hydrogen) atoms. The zero-order valence-corrected chi connectivity index (χ0v) is 28.3. The van der Waals surface area contributed by atoms with Crippen LogP contribution in [0.1, 0.15) is 98.8 Å². The first-order valence-corrected chi connectivity index (χ1v) is 16.6. The number of aromatic nitrogens is 5. The molecule has 0 aliphatic heterocycles. The highest BCUT2D eigenvalue weighted by molar-refractivity contribution is 5.92. The van der Waals surface area contributed by atoms with E-state index in [1.54, 1.807) is 6.07 Å². The number of rotatable bonds is 11. The molecule has 6 rings (SSSR count). The lowest BCUT2D eigenvalue weighted by molar-refractivity contribution is 0.0938. The van der Waals surface area contributed by atoms with Crippen molar-refractivity contribution >= 4 is 23.4 Å². The molecule has 0 saturated heterocycles.